The number of rotatable bonds is 8. The number of ether oxygens (including phenoxy) is 1. The summed E-state index contributed by atoms with van der Waals surface area (Å²) in [6.07, 6.45) is 0.686. The predicted octanol–water partition coefficient (Wildman–Crippen LogP) is 1.64. The molecule has 2 rings (SSSR count). The first-order valence-electron chi connectivity index (χ1n) is 7.87. The van der Waals surface area contributed by atoms with Crippen LogP contribution in [0.5, 0.6) is 5.75 Å². The smallest absolute Gasteiger partial charge is 0.244 e. The van der Waals surface area contributed by atoms with Gasteiger partial charge in [-0.25, -0.2) is 13.1 Å². The standard InChI is InChI=1S/C18H22N2O4S/c1-14-8-9-16(24-2)17(12-14)25(22,23)20-13-18(21)19-11-10-15-6-4-3-5-7-15/h3-9,12,20H,10-11,13H2,1-2H3,(H,19,21). The van der Waals surface area contributed by atoms with Crippen molar-refractivity contribution in [3.05, 3.63) is 59.7 Å². The Balaban J connectivity index is 1.89. The van der Waals surface area contributed by atoms with Gasteiger partial charge in [-0.1, -0.05) is 36.4 Å². The molecule has 7 heteroatoms. The predicted molar refractivity (Wildman–Crippen MR) is 96.1 cm³/mol. The number of aryl methyl sites for hydroxylation is 1. The lowest BCUT2D eigenvalue weighted by Crippen LogP contribution is -2.37. The van der Waals surface area contributed by atoms with E-state index in [4.69, 9.17) is 4.74 Å². The quantitative estimate of drug-likeness (QED) is 0.748. The van der Waals surface area contributed by atoms with Crippen molar-refractivity contribution in [3.63, 3.8) is 0 Å². The van der Waals surface area contributed by atoms with E-state index in [9.17, 15) is 13.2 Å². The van der Waals surface area contributed by atoms with Gasteiger partial charge in [0.2, 0.25) is 15.9 Å². The second-order valence-corrected chi connectivity index (χ2v) is 7.30. The second kappa shape index (κ2) is 8.64. The first kappa shape index (κ1) is 19.0. The van der Waals surface area contributed by atoms with E-state index < -0.39 is 10.0 Å². The monoisotopic (exact) mass is 362 g/mol. The summed E-state index contributed by atoms with van der Waals surface area (Å²) in [6, 6.07) is 14.6. The van der Waals surface area contributed by atoms with Crippen molar-refractivity contribution in [3.8, 4) is 5.75 Å². The third-order valence-electron chi connectivity index (χ3n) is 3.61. The Bertz CT molecular complexity index is 820. The Kier molecular flexibility index (Phi) is 6.55. The van der Waals surface area contributed by atoms with Crippen LogP contribution in [0.2, 0.25) is 0 Å². The summed E-state index contributed by atoms with van der Waals surface area (Å²) in [7, 11) is -2.43. The lowest BCUT2D eigenvalue weighted by molar-refractivity contribution is -0.119. The fourth-order valence-electron chi connectivity index (χ4n) is 2.29. The molecule has 2 N–H and O–H groups in total. The van der Waals surface area contributed by atoms with E-state index in [0.29, 0.717) is 13.0 Å². The molecular weight excluding hydrogens is 340 g/mol. The molecule has 0 heterocycles. The van der Waals surface area contributed by atoms with E-state index in [2.05, 4.69) is 10.0 Å². The van der Waals surface area contributed by atoms with Crippen molar-refractivity contribution >= 4 is 15.9 Å². The summed E-state index contributed by atoms with van der Waals surface area (Å²) in [5.74, 6) is -0.145. The molecule has 0 aliphatic carbocycles. The van der Waals surface area contributed by atoms with Gasteiger partial charge in [0, 0.05) is 6.54 Å². The van der Waals surface area contributed by atoms with E-state index in [1.807, 2.05) is 30.3 Å². The molecule has 0 saturated heterocycles. The molecule has 134 valence electrons. The third kappa shape index (κ3) is 5.58. The average molecular weight is 362 g/mol. The molecule has 2 aromatic rings. The molecule has 25 heavy (non-hydrogen) atoms. The van der Waals surface area contributed by atoms with E-state index in [-0.39, 0.29) is 23.1 Å². The van der Waals surface area contributed by atoms with Crippen molar-refractivity contribution in [2.45, 2.75) is 18.2 Å². The highest BCUT2D eigenvalue weighted by Crippen LogP contribution is 2.24. The van der Waals surface area contributed by atoms with Crippen molar-refractivity contribution in [1.29, 1.82) is 0 Å². The molecular formula is C18H22N2O4S. The maximum atomic E-state index is 12.4. The molecule has 6 nitrogen and oxygen atoms in total. The van der Waals surface area contributed by atoms with Crippen LogP contribution in [0.3, 0.4) is 0 Å². The van der Waals surface area contributed by atoms with E-state index in [1.54, 1.807) is 19.1 Å². The van der Waals surface area contributed by atoms with Gasteiger partial charge >= 0.3 is 0 Å². The number of carbonyl (C=O) groups is 1. The molecule has 0 aliphatic heterocycles. The van der Waals surface area contributed by atoms with Gasteiger partial charge in [-0.2, -0.15) is 0 Å². The number of sulfonamides is 1. The molecule has 0 saturated carbocycles. The maximum Gasteiger partial charge on any atom is 0.244 e. The van der Waals surface area contributed by atoms with Gasteiger partial charge in [-0.15, -0.1) is 0 Å². The lowest BCUT2D eigenvalue weighted by atomic mass is 10.1. The zero-order valence-electron chi connectivity index (χ0n) is 14.3. The Morgan fingerprint density at radius 1 is 1.12 bits per heavy atom. The minimum Gasteiger partial charge on any atom is -0.495 e. The van der Waals surface area contributed by atoms with Crippen molar-refractivity contribution in [2.24, 2.45) is 0 Å². The van der Waals surface area contributed by atoms with Crippen LogP contribution in [0.15, 0.2) is 53.4 Å². The minimum absolute atomic E-state index is 0.0204. The first-order chi connectivity index (χ1) is 11.9. The Hall–Kier alpha value is -2.38. The molecule has 0 aromatic heterocycles. The topological polar surface area (TPSA) is 84.5 Å². The summed E-state index contributed by atoms with van der Waals surface area (Å²) in [5.41, 5.74) is 1.89. The summed E-state index contributed by atoms with van der Waals surface area (Å²) in [4.78, 5) is 11.9. The number of hydrogen-bond acceptors (Lipinski definition) is 4. The van der Waals surface area contributed by atoms with Crippen molar-refractivity contribution in [2.75, 3.05) is 20.2 Å². The van der Waals surface area contributed by atoms with Crippen LogP contribution in [0.4, 0.5) is 0 Å². The number of carbonyl (C=O) groups excluding carboxylic acids is 1. The van der Waals surface area contributed by atoms with Gasteiger partial charge in [0.1, 0.15) is 10.6 Å². The van der Waals surface area contributed by atoms with Gasteiger partial charge in [0.25, 0.3) is 0 Å². The van der Waals surface area contributed by atoms with E-state index in [1.165, 1.54) is 13.2 Å². The molecule has 0 atom stereocenters. The van der Waals surface area contributed by atoms with Gasteiger partial charge in [0.05, 0.1) is 13.7 Å². The minimum atomic E-state index is -3.83. The van der Waals surface area contributed by atoms with Gasteiger partial charge < -0.3 is 10.1 Å². The fourth-order valence-corrected chi connectivity index (χ4v) is 3.52. The number of nitrogens with one attached hydrogen (secondary N) is 2. The van der Waals surface area contributed by atoms with Crippen LogP contribution < -0.4 is 14.8 Å². The zero-order chi connectivity index (χ0) is 18.3. The Morgan fingerprint density at radius 3 is 2.52 bits per heavy atom. The highest BCUT2D eigenvalue weighted by atomic mass is 32.2. The van der Waals surface area contributed by atoms with Crippen LogP contribution in [-0.4, -0.2) is 34.5 Å². The van der Waals surface area contributed by atoms with Crippen LogP contribution >= 0.6 is 0 Å². The Morgan fingerprint density at radius 2 is 1.84 bits per heavy atom. The maximum absolute atomic E-state index is 12.4. The van der Waals surface area contributed by atoms with Gasteiger partial charge in [0.15, 0.2) is 0 Å². The molecule has 0 radical (unpaired) electrons. The molecule has 0 unspecified atom stereocenters. The average Bonchev–Trinajstić information content (AvgIpc) is 2.61. The SMILES string of the molecule is COc1ccc(C)cc1S(=O)(=O)NCC(=O)NCCc1ccccc1. The Labute approximate surface area is 148 Å². The highest BCUT2D eigenvalue weighted by molar-refractivity contribution is 7.89. The first-order valence-corrected chi connectivity index (χ1v) is 9.35. The largest absolute Gasteiger partial charge is 0.495 e. The highest BCUT2D eigenvalue weighted by Gasteiger charge is 2.20. The summed E-state index contributed by atoms with van der Waals surface area (Å²) >= 11 is 0. The van der Waals surface area contributed by atoms with Gasteiger partial charge in [-0.05, 0) is 36.6 Å². The van der Waals surface area contributed by atoms with Crippen molar-refractivity contribution < 1.29 is 17.9 Å². The van der Waals surface area contributed by atoms with Crippen LogP contribution in [0, 0.1) is 6.92 Å². The van der Waals surface area contributed by atoms with Crippen LogP contribution in [-0.2, 0) is 21.2 Å². The third-order valence-corrected chi connectivity index (χ3v) is 5.03. The van der Waals surface area contributed by atoms with Gasteiger partial charge in [-0.3, -0.25) is 4.79 Å². The fraction of sp³-hybridized carbons (Fsp3) is 0.278. The van der Waals surface area contributed by atoms with Crippen LogP contribution in [0.1, 0.15) is 11.1 Å². The number of hydrogen-bond donors (Lipinski definition) is 2. The molecule has 0 aliphatic rings. The van der Waals surface area contributed by atoms with E-state index in [0.717, 1.165) is 11.1 Å². The summed E-state index contributed by atoms with van der Waals surface area (Å²) in [6.45, 7) is 1.90. The van der Waals surface area contributed by atoms with Crippen molar-refractivity contribution in [1.82, 2.24) is 10.0 Å². The van der Waals surface area contributed by atoms with E-state index >= 15 is 0 Å². The molecule has 2 aromatic carbocycles. The number of methoxy groups -OCH3 is 1. The second-order valence-electron chi connectivity index (χ2n) is 5.56. The summed E-state index contributed by atoms with van der Waals surface area (Å²) in [5, 5.41) is 2.70. The van der Waals surface area contributed by atoms with Crippen LogP contribution in [0.25, 0.3) is 0 Å². The summed E-state index contributed by atoms with van der Waals surface area (Å²) < 4.78 is 32.2. The number of benzene rings is 2. The molecule has 0 bridgehead atoms. The molecule has 0 fully saturated rings. The number of amides is 1. The molecule has 0 spiro atoms. The molecule has 1 amide bonds. The normalized spacial score (nSPS) is 11.1. The zero-order valence-corrected chi connectivity index (χ0v) is 15.1. The lowest BCUT2D eigenvalue weighted by Gasteiger charge is -2.11.